The van der Waals surface area contributed by atoms with Crippen LogP contribution in [0.3, 0.4) is 0 Å². The monoisotopic (exact) mass is 639 g/mol. The van der Waals surface area contributed by atoms with Crippen LogP contribution < -0.4 is 0 Å². The quantitative estimate of drug-likeness (QED) is 0.0441. The van der Waals surface area contributed by atoms with Gasteiger partial charge in [-0.2, -0.15) is 0 Å². The van der Waals surface area contributed by atoms with Crippen molar-refractivity contribution in [3.05, 3.63) is 72.9 Å². The smallest absolute Gasteiger partial charge is 0.306 e. The van der Waals surface area contributed by atoms with Crippen LogP contribution in [0.15, 0.2) is 72.9 Å². The minimum absolute atomic E-state index is 0.0162. The Kier molecular flexibility index (Phi) is 34.7. The van der Waals surface area contributed by atoms with Crippen molar-refractivity contribution in [2.24, 2.45) is 0 Å². The molecule has 0 amide bonds. The van der Waals surface area contributed by atoms with Crippen LogP contribution in [0.4, 0.5) is 0 Å². The molecule has 0 saturated heterocycles. The molecule has 1 atom stereocenters. The van der Waals surface area contributed by atoms with Crippen molar-refractivity contribution in [1.29, 1.82) is 0 Å². The van der Waals surface area contributed by atoms with Crippen LogP contribution in [0.1, 0.15) is 174 Å². The maximum atomic E-state index is 12.1. The number of aliphatic carboxylic acids is 1. The number of ether oxygens (including phenoxy) is 1. The molecule has 0 aromatic carbocycles. The van der Waals surface area contributed by atoms with Gasteiger partial charge in [-0.15, -0.1) is 0 Å². The van der Waals surface area contributed by atoms with E-state index in [1.54, 1.807) is 0 Å². The summed E-state index contributed by atoms with van der Waals surface area (Å²) in [4.78, 5) is 22.6. The number of hydrogen-bond acceptors (Lipinski definition) is 3. The van der Waals surface area contributed by atoms with Gasteiger partial charge in [0.15, 0.2) is 0 Å². The molecular weight excluding hydrogens is 568 g/mol. The number of carboxylic acid groups (broad SMARTS) is 1. The van der Waals surface area contributed by atoms with E-state index >= 15 is 0 Å². The highest BCUT2D eigenvalue weighted by Crippen LogP contribution is 2.15. The Labute approximate surface area is 284 Å². The third-order valence-electron chi connectivity index (χ3n) is 7.95. The summed E-state index contributed by atoms with van der Waals surface area (Å²) in [5.74, 6) is -0.751. The fraction of sp³-hybridized carbons (Fsp3) is 0.667. The summed E-state index contributed by atoms with van der Waals surface area (Å²) in [7, 11) is 0. The van der Waals surface area contributed by atoms with Crippen LogP contribution >= 0.6 is 0 Å². The van der Waals surface area contributed by atoms with Crippen LogP contribution in [-0.2, 0) is 14.3 Å². The Morgan fingerprint density at radius 3 is 1.24 bits per heavy atom. The lowest BCUT2D eigenvalue weighted by Gasteiger charge is -2.12. The second kappa shape index (κ2) is 36.8. The molecule has 4 nitrogen and oxygen atoms in total. The third kappa shape index (κ3) is 37.6. The lowest BCUT2D eigenvalue weighted by molar-refractivity contribution is -0.148. The molecule has 1 unspecified atom stereocenters. The number of carbonyl (C=O) groups excluding carboxylic acids is 1. The SMILES string of the molecule is CC/C=C\C/C=C\C/C=C\C/C=C\C/C=C\C/C=C\CCC(=O)OC(C)CCCCCCCCCCCCCCCCCC(=O)O. The summed E-state index contributed by atoms with van der Waals surface area (Å²) in [5, 5.41) is 8.64. The fourth-order valence-corrected chi connectivity index (χ4v) is 5.19. The minimum atomic E-state index is -0.670. The normalized spacial score (nSPS) is 13.1. The molecule has 46 heavy (non-hydrogen) atoms. The molecule has 0 heterocycles. The van der Waals surface area contributed by atoms with Gasteiger partial charge in [0, 0.05) is 12.8 Å². The van der Waals surface area contributed by atoms with E-state index in [9.17, 15) is 9.59 Å². The first kappa shape index (κ1) is 43.4. The largest absolute Gasteiger partial charge is 0.481 e. The first-order chi connectivity index (χ1) is 22.6. The average molecular weight is 639 g/mol. The topological polar surface area (TPSA) is 63.6 Å². The molecule has 0 spiro atoms. The highest BCUT2D eigenvalue weighted by molar-refractivity contribution is 5.69. The van der Waals surface area contributed by atoms with E-state index in [0.29, 0.717) is 12.8 Å². The predicted octanol–water partition coefficient (Wildman–Crippen LogP) is 13.1. The number of unbranched alkanes of at least 4 members (excludes halogenated alkanes) is 14. The summed E-state index contributed by atoms with van der Waals surface area (Å²) in [6.07, 6.45) is 53.4. The Bertz CT molecular complexity index is 861. The van der Waals surface area contributed by atoms with Gasteiger partial charge in [0.1, 0.15) is 0 Å². The Morgan fingerprint density at radius 2 is 0.848 bits per heavy atom. The Morgan fingerprint density at radius 1 is 0.500 bits per heavy atom. The standard InChI is InChI=1S/C42H70O4/c1-3-4-5-6-7-8-9-10-11-12-13-14-18-21-24-27-30-33-36-39-42(45)46-40(2)37-34-31-28-25-22-19-16-15-17-20-23-26-29-32-35-38-41(43)44/h4-5,7-8,10-11,13-14,21,24,30,33,40H,3,6,9,12,15-20,22-23,25-29,31-32,34-39H2,1-2H3,(H,43,44)/b5-4-,8-7-,11-10-,14-13-,24-21-,33-30-. The highest BCUT2D eigenvalue weighted by atomic mass is 16.5. The second-order valence-corrected chi connectivity index (χ2v) is 12.5. The van der Waals surface area contributed by atoms with Crippen LogP contribution in [0.25, 0.3) is 0 Å². The van der Waals surface area contributed by atoms with E-state index in [1.807, 2.05) is 6.92 Å². The van der Waals surface area contributed by atoms with Gasteiger partial charge in [-0.25, -0.2) is 0 Å². The zero-order chi connectivity index (χ0) is 33.6. The van der Waals surface area contributed by atoms with Crippen LogP contribution in [0.5, 0.6) is 0 Å². The van der Waals surface area contributed by atoms with Gasteiger partial charge in [0.25, 0.3) is 0 Å². The van der Waals surface area contributed by atoms with Crippen molar-refractivity contribution in [3.8, 4) is 0 Å². The van der Waals surface area contributed by atoms with E-state index in [1.165, 1.54) is 77.0 Å². The third-order valence-corrected chi connectivity index (χ3v) is 7.95. The molecular formula is C42H70O4. The second-order valence-electron chi connectivity index (χ2n) is 12.5. The summed E-state index contributed by atoms with van der Waals surface area (Å²) in [6.45, 7) is 4.18. The molecule has 4 heteroatoms. The van der Waals surface area contributed by atoms with Crippen LogP contribution in [0, 0.1) is 0 Å². The van der Waals surface area contributed by atoms with E-state index in [2.05, 4.69) is 79.8 Å². The van der Waals surface area contributed by atoms with Gasteiger partial charge in [0.2, 0.25) is 0 Å². The van der Waals surface area contributed by atoms with Crippen molar-refractivity contribution in [1.82, 2.24) is 0 Å². The number of carbonyl (C=O) groups is 2. The zero-order valence-electron chi connectivity index (χ0n) is 29.9. The van der Waals surface area contributed by atoms with Crippen molar-refractivity contribution in [2.75, 3.05) is 0 Å². The van der Waals surface area contributed by atoms with Gasteiger partial charge >= 0.3 is 11.9 Å². The van der Waals surface area contributed by atoms with E-state index < -0.39 is 5.97 Å². The van der Waals surface area contributed by atoms with Gasteiger partial charge in [0.05, 0.1) is 6.10 Å². The molecule has 1 N–H and O–H groups in total. The first-order valence-corrected chi connectivity index (χ1v) is 18.9. The number of rotatable bonds is 33. The van der Waals surface area contributed by atoms with Crippen molar-refractivity contribution >= 4 is 11.9 Å². The average Bonchev–Trinajstić information content (AvgIpc) is 3.03. The lowest BCUT2D eigenvalue weighted by Crippen LogP contribution is -2.14. The predicted molar refractivity (Wildman–Crippen MR) is 199 cm³/mol. The van der Waals surface area contributed by atoms with Gasteiger partial charge < -0.3 is 9.84 Å². The lowest BCUT2D eigenvalue weighted by atomic mass is 10.0. The molecule has 0 bridgehead atoms. The van der Waals surface area contributed by atoms with Crippen molar-refractivity contribution < 1.29 is 19.4 Å². The number of allylic oxidation sites excluding steroid dienone is 12. The molecule has 0 aromatic heterocycles. The molecule has 0 aromatic rings. The van der Waals surface area contributed by atoms with Gasteiger partial charge in [-0.3, -0.25) is 9.59 Å². The summed E-state index contributed by atoms with van der Waals surface area (Å²) in [5.41, 5.74) is 0. The molecule has 0 aliphatic rings. The molecule has 0 fully saturated rings. The summed E-state index contributed by atoms with van der Waals surface area (Å²) < 4.78 is 5.59. The maximum absolute atomic E-state index is 12.1. The Hall–Kier alpha value is -2.62. The number of hydrogen-bond donors (Lipinski definition) is 1. The number of esters is 1. The highest BCUT2D eigenvalue weighted by Gasteiger charge is 2.08. The fourth-order valence-electron chi connectivity index (χ4n) is 5.19. The molecule has 262 valence electrons. The maximum Gasteiger partial charge on any atom is 0.306 e. The van der Waals surface area contributed by atoms with Crippen molar-refractivity contribution in [3.63, 3.8) is 0 Å². The zero-order valence-corrected chi connectivity index (χ0v) is 29.9. The minimum Gasteiger partial charge on any atom is -0.481 e. The van der Waals surface area contributed by atoms with Crippen LogP contribution in [-0.4, -0.2) is 23.1 Å². The van der Waals surface area contributed by atoms with Gasteiger partial charge in [-0.1, -0.05) is 163 Å². The molecule has 0 rings (SSSR count). The first-order valence-electron chi connectivity index (χ1n) is 18.9. The number of carboxylic acids is 1. The Balaban J connectivity index is 3.50. The molecule has 0 saturated carbocycles. The van der Waals surface area contributed by atoms with Crippen molar-refractivity contribution in [2.45, 2.75) is 180 Å². The van der Waals surface area contributed by atoms with Gasteiger partial charge in [-0.05, 0) is 71.1 Å². The van der Waals surface area contributed by atoms with E-state index in [0.717, 1.165) is 70.6 Å². The van der Waals surface area contributed by atoms with E-state index in [-0.39, 0.29) is 12.1 Å². The van der Waals surface area contributed by atoms with Crippen LogP contribution in [0.2, 0.25) is 0 Å². The molecule has 0 aliphatic heterocycles. The summed E-state index contributed by atoms with van der Waals surface area (Å²) >= 11 is 0. The van der Waals surface area contributed by atoms with E-state index in [4.69, 9.17) is 9.84 Å². The summed E-state index contributed by atoms with van der Waals surface area (Å²) in [6, 6.07) is 0. The molecule has 0 aliphatic carbocycles. The molecule has 0 radical (unpaired) electrons.